The van der Waals surface area contributed by atoms with Gasteiger partial charge in [-0.2, -0.15) is 5.10 Å². The van der Waals surface area contributed by atoms with E-state index in [0.717, 1.165) is 20.3 Å². The van der Waals surface area contributed by atoms with Crippen molar-refractivity contribution in [2.75, 3.05) is 5.75 Å². The van der Waals surface area contributed by atoms with Crippen LogP contribution in [0, 0.1) is 6.92 Å². The predicted molar refractivity (Wildman–Crippen MR) is 94.1 cm³/mol. The van der Waals surface area contributed by atoms with Crippen LogP contribution < -0.4 is 5.43 Å². The minimum Gasteiger partial charge on any atom is -0.460 e. The number of thiazole rings is 1. The van der Waals surface area contributed by atoms with Crippen molar-refractivity contribution in [1.82, 2.24) is 10.4 Å². The lowest BCUT2D eigenvalue weighted by molar-refractivity contribution is -0.118. The van der Waals surface area contributed by atoms with Crippen LogP contribution in [0.5, 0.6) is 0 Å². The van der Waals surface area contributed by atoms with Gasteiger partial charge >= 0.3 is 0 Å². The SMILES string of the molecule is C/C(=N/NC(=O)CSc1nc2ccccc2s1)c1ccc(C)o1. The van der Waals surface area contributed by atoms with Crippen molar-refractivity contribution in [3.63, 3.8) is 0 Å². The minimum atomic E-state index is -0.170. The van der Waals surface area contributed by atoms with Crippen LogP contribution in [-0.4, -0.2) is 22.4 Å². The fourth-order valence-corrected chi connectivity index (χ4v) is 3.76. The third kappa shape index (κ3) is 4.00. The lowest BCUT2D eigenvalue weighted by Crippen LogP contribution is -2.21. The number of para-hydroxylation sites is 1. The Morgan fingerprint density at radius 3 is 2.91 bits per heavy atom. The first kappa shape index (κ1) is 15.8. The number of fused-ring (bicyclic) bond motifs is 1. The van der Waals surface area contributed by atoms with E-state index in [9.17, 15) is 4.79 Å². The molecule has 0 spiro atoms. The highest BCUT2D eigenvalue weighted by atomic mass is 32.2. The van der Waals surface area contributed by atoms with Crippen LogP contribution >= 0.6 is 23.1 Å². The van der Waals surface area contributed by atoms with Crippen LogP contribution in [0.2, 0.25) is 0 Å². The van der Waals surface area contributed by atoms with E-state index in [1.807, 2.05) is 43.3 Å². The van der Waals surface area contributed by atoms with Gasteiger partial charge in [0, 0.05) is 0 Å². The van der Waals surface area contributed by atoms with Gasteiger partial charge in [-0.15, -0.1) is 11.3 Å². The number of furan rings is 1. The second-order valence-corrected chi connectivity index (χ2v) is 7.13. The van der Waals surface area contributed by atoms with Crippen LogP contribution in [0.3, 0.4) is 0 Å². The molecule has 7 heteroatoms. The number of benzene rings is 1. The monoisotopic (exact) mass is 345 g/mol. The highest BCUT2D eigenvalue weighted by molar-refractivity contribution is 8.01. The molecule has 0 radical (unpaired) electrons. The van der Waals surface area contributed by atoms with Gasteiger partial charge in [0.1, 0.15) is 17.2 Å². The van der Waals surface area contributed by atoms with Crippen molar-refractivity contribution in [2.45, 2.75) is 18.2 Å². The molecule has 118 valence electrons. The van der Waals surface area contributed by atoms with Crippen molar-refractivity contribution >= 4 is 44.9 Å². The number of nitrogens with one attached hydrogen (secondary N) is 1. The fourth-order valence-electron chi connectivity index (χ4n) is 1.90. The number of amides is 1. The minimum absolute atomic E-state index is 0.170. The summed E-state index contributed by atoms with van der Waals surface area (Å²) in [5.41, 5.74) is 4.14. The Morgan fingerprint density at radius 2 is 2.17 bits per heavy atom. The molecule has 0 aliphatic carbocycles. The second-order valence-electron chi connectivity index (χ2n) is 4.88. The Labute approximate surface area is 141 Å². The van der Waals surface area contributed by atoms with Crippen molar-refractivity contribution in [1.29, 1.82) is 0 Å². The Kier molecular flexibility index (Phi) is 4.78. The van der Waals surface area contributed by atoms with Crippen molar-refractivity contribution in [3.8, 4) is 0 Å². The van der Waals surface area contributed by atoms with E-state index >= 15 is 0 Å². The normalized spacial score (nSPS) is 11.8. The van der Waals surface area contributed by atoms with Crippen molar-refractivity contribution < 1.29 is 9.21 Å². The number of aromatic nitrogens is 1. The molecule has 2 aromatic heterocycles. The molecule has 23 heavy (non-hydrogen) atoms. The van der Waals surface area contributed by atoms with E-state index in [2.05, 4.69) is 15.5 Å². The molecule has 0 saturated carbocycles. The molecule has 0 bridgehead atoms. The van der Waals surface area contributed by atoms with Crippen LogP contribution in [0.15, 0.2) is 50.3 Å². The van der Waals surface area contributed by atoms with Gasteiger partial charge in [-0.05, 0) is 38.1 Å². The zero-order valence-electron chi connectivity index (χ0n) is 12.7. The Bertz CT molecular complexity index is 834. The first-order chi connectivity index (χ1) is 11.1. The second kappa shape index (κ2) is 6.97. The van der Waals surface area contributed by atoms with Crippen LogP contribution in [0.25, 0.3) is 10.2 Å². The zero-order valence-corrected chi connectivity index (χ0v) is 14.3. The summed E-state index contributed by atoms with van der Waals surface area (Å²) >= 11 is 2.99. The molecule has 2 heterocycles. The van der Waals surface area contributed by atoms with Gasteiger partial charge in [0.2, 0.25) is 0 Å². The maximum Gasteiger partial charge on any atom is 0.250 e. The highest BCUT2D eigenvalue weighted by Gasteiger charge is 2.08. The van der Waals surface area contributed by atoms with Crippen molar-refractivity contribution in [3.05, 3.63) is 47.9 Å². The lowest BCUT2D eigenvalue weighted by Gasteiger charge is -1.99. The highest BCUT2D eigenvalue weighted by Crippen LogP contribution is 2.28. The average Bonchev–Trinajstić information content (AvgIpc) is 3.16. The summed E-state index contributed by atoms with van der Waals surface area (Å²) in [4.78, 5) is 16.4. The van der Waals surface area contributed by atoms with E-state index in [0.29, 0.717) is 11.5 Å². The fraction of sp³-hybridized carbons (Fsp3) is 0.188. The lowest BCUT2D eigenvalue weighted by atomic mass is 10.3. The number of carbonyl (C=O) groups is 1. The molecule has 3 aromatic rings. The molecule has 5 nitrogen and oxygen atoms in total. The van der Waals surface area contributed by atoms with Gasteiger partial charge in [0.25, 0.3) is 5.91 Å². The third-order valence-corrected chi connectivity index (χ3v) is 5.23. The van der Waals surface area contributed by atoms with Crippen LogP contribution in [-0.2, 0) is 4.79 Å². The van der Waals surface area contributed by atoms with Gasteiger partial charge in [-0.3, -0.25) is 4.79 Å². The Balaban J connectivity index is 1.55. The molecule has 0 unspecified atom stereocenters. The van der Waals surface area contributed by atoms with E-state index in [1.54, 1.807) is 18.3 Å². The maximum atomic E-state index is 11.9. The Morgan fingerprint density at radius 1 is 1.35 bits per heavy atom. The maximum absolute atomic E-state index is 11.9. The number of thioether (sulfide) groups is 1. The first-order valence-electron chi connectivity index (χ1n) is 7.00. The molecule has 3 rings (SSSR count). The van der Waals surface area contributed by atoms with E-state index in [-0.39, 0.29) is 11.7 Å². The molecule has 0 saturated heterocycles. The summed E-state index contributed by atoms with van der Waals surface area (Å²) in [5, 5.41) is 4.06. The summed E-state index contributed by atoms with van der Waals surface area (Å²) in [7, 11) is 0. The molecule has 1 amide bonds. The summed E-state index contributed by atoms with van der Waals surface area (Å²) in [6.07, 6.45) is 0. The molecule has 0 atom stereocenters. The summed E-state index contributed by atoms with van der Waals surface area (Å²) in [5.74, 6) is 1.57. The largest absolute Gasteiger partial charge is 0.460 e. The number of hydrazone groups is 1. The molecule has 0 aliphatic heterocycles. The third-order valence-electron chi connectivity index (χ3n) is 3.05. The van der Waals surface area contributed by atoms with Crippen LogP contribution in [0.1, 0.15) is 18.4 Å². The number of hydrogen-bond acceptors (Lipinski definition) is 6. The number of aryl methyl sites for hydroxylation is 1. The summed E-state index contributed by atoms with van der Waals surface area (Å²) < 4.78 is 7.45. The van der Waals surface area contributed by atoms with Crippen LogP contribution in [0.4, 0.5) is 0 Å². The molecule has 1 aromatic carbocycles. The molecule has 0 fully saturated rings. The molecular weight excluding hydrogens is 330 g/mol. The Hall–Kier alpha value is -2.12. The number of rotatable bonds is 5. The number of hydrogen-bond donors (Lipinski definition) is 1. The summed E-state index contributed by atoms with van der Waals surface area (Å²) in [6, 6.07) is 11.6. The number of nitrogens with zero attached hydrogens (tertiary/aromatic N) is 2. The van der Waals surface area contributed by atoms with E-state index in [1.165, 1.54) is 11.8 Å². The standard InChI is InChI=1S/C16H15N3O2S2/c1-10-7-8-13(21-10)11(2)18-19-15(20)9-22-16-17-12-5-3-4-6-14(12)23-16/h3-8H,9H2,1-2H3,(H,19,20)/b18-11-. The van der Waals surface area contributed by atoms with E-state index in [4.69, 9.17) is 4.42 Å². The van der Waals surface area contributed by atoms with Gasteiger partial charge in [0.05, 0.1) is 16.0 Å². The number of carbonyl (C=O) groups excluding carboxylic acids is 1. The molecular formula is C16H15N3O2S2. The van der Waals surface area contributed by atoms with Gasteiger partial charge in [0.15, 0.2) is 4.34 Å². The smallest absolute Gasteiger partial charge is 0.250 e. The van der Waals surface area contributed by atoms with Gasteiger partial charge < -0.3 is 4.42 Å². The van der Waals surface area contributed by atoms with Gasteiger partial charge in [-0.25, -0.2) is 10.4 Å². The molecule has 0 aliphatic rings. The van der Waals surface area contributed by atoms with E-state index < -0.39 is 0 Å². The average molecular weight is 345 g/mol. The molecule has 1 N–H and O–H groups in total. The van der Waals surface area contributed by atoms with Gasteiger partial charge in [-0.1, -0.05) is 23.9 Å². The zero-order chi connectivity index (χ0) is 16.2. The first-order valence-corrected chi connectivity index (χ1v) is 8.80. The van der Waals surface area contributed by atoms with Crippen molar-refractivity contribution in [2.24, 2.45) is 5.10 Å². The topological polar surface area (TPSA) is 67.5 Å². The predicted octanol–water partition coefficient (Wildman–Crippen LogP) is 3.83. The summed E-state index contributed by atoms with van der Waals surface area (Å²) in [6.45, 7) is 3.66. The quantitative estimate of drug-likeness (QED) is 0.433.